The van der Waals surface area contributed by atoms with E-state index < -0.39 is 11.5 Å². The van der Waals surface area contributed by atoms with Crippen LogP contribution >= 0.6 is 11.6 Å². The molecule has 1 saturated heterocycles. The van der Waals surface area contributed by atoms with Gasteiger partial charge < -0.3 is 20.7 Å². The molecule has 0 bridgehead atoms. The Hall–Kier alpha value is -2.02. The molecule has 0 aliphatic carbocycles. The quantitative estimate of drug-likeness (QED) is 0.796. The van der Waals surface area contributed by atoms with Gasteiger partial charge in [-0.15, -0.1) is 0 Å². The van der Waals surface area contributed by atoms with Gasteiger partial charge in [-0.05, 0) is 45.6 Å². The summed E-state index contributed by atoms with van der Waals surface area (Å²) in [5.74, 6) is -0.320. The Morgan fingerprint density at radius 2 is 2.20 bits per heavy atom. The fraction of sp³-hybridized carbons (Fsp3) is 0.588. The minimum atomic E-state index is -0.564. The predicted octanol–water partition coefficient (Wildman–Crippen LogP) is 2.89. The molecule has 8 heteroatoms. The summed E-state index contributed by atoms with van der Waals surface area (Å²) in [6.07, 6.45) is 2.96. The monoisotopic (exact) mass is 368 g/mol. The van der Waals surface area contributed by atoms with Crippen molar-refractivity contribution < 1.29 is 14.3 Å². The van der Waals surface area contributed by atoms with Crippen LogP contribution in [0.3, 0.4) is 0 Å². The normalized spacial score (nSPS) is 17.9. The van der Waals surface area contributed by atoms with Crippen LogP contribution in [0.25, 0.3) is 0 Å². The molecular formula is C17H25ClN4O3. The zero-order valence-corrected chi connectivity index (χ0v) is 15.6. The van der Waals surface area contributed by atoms with Crippen molar-refractivity contribution in [3.63, 3.8) is 0 Å². The first-order valence-electron chi connectivity index (χ1n) is 8.33. The molecule has 3 N–H and O–H groups in total. The first-order chi connectivity index (χ1) is 11.7. The number of nitrogens with two attached hydrogens (primary N) is 1. The molecule has 2 amide bonds. The van der Waals surface area contributed by atoms with Gasteiger partial charge in [-0.3, -0.25) is 4.79 Å². The first kappa shape index (κ1) is 19.3. The molecule has 1 aliphatic rings. The van der Waals surface area contributed by atoms with Crippen molar-refractivity contribution >= 4 is 29.3 Å². The number of carbonyl (C=O) groups is 2. The molecule has 0 aromatic carbocycles. The molecule has 0 spiro atoms. The molecule has 1 atom stereocenters. The average Bonchev–Trinajstić information content (AvgIpc) is 2.51. The highest BCUT2D eigenvalue weighted by Crippen LogP contribution is 2.22. The number of piperidine rings is 1. The van der Waals surface area contributed by atoms with Gasteiger partial charge >= 0.3 is 6.09 Å². The van der Waals surface area contributed by atoms with E-state index in [0.29, 0.717) is 30.9 Å². The highest BCUT2D eigenvalue weighted by molar-refractivity contribution is 6.29. The lowest BCUT2D eigenvalue weighted by molar-refractivity contribution is 0.0172. The van der Waals surface area contributed by atoms with Gasteiger partial charge in [-0.25, -0.2) is 9.78 Å². The number of rotatable bonds is 4. The van der Waals surface area contributed by atoms with Gasteiger partial charge in [0, 0.05) is 25.8 Å². The Bertz CT molecular complexity index is 645. The Kier molecular flexibility index (Phi) is 6.11. The summed E-state index contributed by atoms with van der Waals surface area (Å²) in [5, 5.41) is 3.49. The largest absolute Gasteiger partial charge is 0.444 e. The lowest BCUT2D eigenvalue weighted by Crippen LogP contribution is -2.44. The number of pyridine rings is 1. The summed E-state index contributed by atoms with van der Waals surface area (Å²) in [5.41, 5.74) is 5.71. The van der Waals surface area contributed by atoms with Crippen molar-refractivity contribution in [3.8, 4) is 0 Å². The third-order valence-corrected chi connectivity index (χ3v) is 4.09. The highest BCUT2D eigenvalue weighted by Gasteiger charge is 2.27. The Labute approximate surface area is 152 Å². The van der Waals surface area contributed by atoms with E-state index >= 15 is 0 Å². The number of ether oxygens (including phenoxy) is 1. The Balaban J connectivity index is 1.96. The number of aromatic nitrogens is 1. The molecule has 25 heavy (non-hydrogen) atoms. The van der Waals surface area contributed by atoms with Crippen LogP contribution in [0.5, 0.6) is 0 Å². The van der Waals surface area contributed by atoms with Crippen molar-refractivity contribution in [1.29, 1.82) is 0 Å². The van der Waals surface area contributed by atoms with Gasteiger partial charge in [-0.1, -0.05) is 11.6 Å². The van der Waals surface area contributed by atoms with Crippen molar-refractivity contribution in [2.24, 2.45) is 11.7 Å². The summed E-state index contributed by atoms with van der Waals surface area (Å²) in [7, 11) is 0. The van der Waals surface area contributed by atoms with E-state index in [0.717, 1.165) is 12.8 Å². The van der Waals surface area contributed by atoms with E-state index in [1.165, 1.54) is 6.20 Å². The van der Waals surface area contributed by atoms with Crippen molar-refractivity contribution in [2.75, 3.05) is 25.0 Å². The van der Waals surface area contributed by atoms with Crippen LogP contribution in [0, 0.1) is 5.92 Å². The summed E-state index contributed by atoms with van der Waals surface area (Å²) < 4.78 is 5.43. The fourth-order valence-electron chi connectivity index (χ4n) is 2.75. The molecule has 2 heterocycles. The topological polar surface area (TPSA) is 97.6 Å². The number of likely N-dealkylation sites (tertiary alicyclic amines) is 1. The third kappa shape index (κ3) is 5.77. The molecule has 138 valence electrons. The average molecular weight is 369 g/mol. The smallest absolute Gasteiger partial charge is 0.410 e. The van der Waals surface area contributed by atoms with Crippen LogP contribution in [0.4, 0.5) is 10.5 Å². The van der Waals surface area contributed by atoms with Crippen molar-refractivity contribution in [3.05, 3.63) is 23.0 Å². The van der Waals surface area contributed by atoms with Crippen molar-refractivity contribution in [1.82, 2.24) is 9.88 Å². The Morgan fingerprint density at radius 1 is 1.48 bits per heavy atom. The number of halogens is 1. The van der Waals surface area contributed by atoms with Crippen LogP contribution < -0.4 is 11.1 Å². The van der Waals surface area contributed by atoms with E-state index in [9.17, 15) is 9.59 Å². The number of anilines is 1. The number of hydrogen-bond acceptors (Lipinski definition) is 5. The fourth-order valence-corrected chi connectivity index (χ4v) is 2.91. The molecule has 1 aromatic heterocycles. The number of carbonyl (C=O) groups excluding carboxylic acids is 2. The minimum absolute atomic E-state index is 0.244. The molecule has 1 aliphatic heterocycles. The van der Waals surface area contributed by atoms with Gasteiger partial charge in [0.05, 0.1) is 11.3 Å². The van der Waals surface area contributed by atoms with Crippen LogP contribution in [-0.2, 0) is 4.74 Å². The number of nitrogens with one attached hydrogen (secondary N) is 1. The SMILES string of the molecule is CC(C)(C)OC(=O)N1CCCC(CNc2cc(Cl)ncc2C(N)=O)C1. The molecular weight excluding hydrogens is 344 g/mol. The Morgan fingerprint density at radius 3 is 2.84 bits per heavy atom. The molecule has 1 unspecified atom stereocenters. The number of nitrogens with zero attached hydrogens (tertiary/aromatic N) is 2. The molecule has 7 nitrogen and oxygen atoms in total. The van der Waals surface area contributed by atoms with Crippen LogP contribution in [-0.4, -0.2) is 47.1 Å². The van der Waals surface area contributed by atoms with Crippen LogP contribution in [0.2, 0.25) is 5.15 Å². The van der Waals surface area contributed by atoms with Gasteiger partial charge in [0.1, 0.15) is 10.8 Å². The summed E-state index contributed by atoms with van der Waals surface area (Å²) in [4.78, 5) is 29.3. The number of hydrogen-bond donors (Lipinski definition) is 2. The van der Waals surface area contributed by atoms with Gasteiger partial charge in [0.15, 0.2) is 0 Å². The van der Waals surface area contributed by atoms with Crippen molar-refractivity contribution in [2.45, 2.75) is 39.2 Å². The standard InChI is InChI=1S/C17H25ClN4O3/c1-17(2,3)25-16(24)22-6-4-5-11(10-22)8-20-13-7-14(18)21-9-12(13)15(19)23/h7,9,11H,4-6,8,10H2,1-3H3,(H2,19,23)(H,20,21). The van der Waals surface area contributed by atoms with Gasteiger partial charge in [0.25, 0.3) is 5.91 Å². The van der Waals surface area contributed by atoms with Crippen LogP contribution in [0.1, 0.15) is 44.0 Å². The molecule has 2 rings (SSSR count). The first-order valence-corrected chi connectivity index (χ1v) is 8.70. The second kappa shape index (κ2) is 7.91. The molecule has 1 fully saturated rings. The predicted molar refractivity (Wildman–Crippen MR) is 96.8 cm³/mol. The molecule has 0 radical (unpaired) electrons. The van der Waals surface area contributed by atoms with E-state index in [-0.39, 0.29) is 17.2 Å². The zero-order valence-electron chi connectivity index (χ0n) is 14.8. The number of primary amides is 1. The van der Waals surface area contributed by atoms with E-state index in [2.05, 4.69) is 10.3 Å². The number of amides is 2. The highest BCUT2D eigenvalue weighted by atomic mass is 35.5. The lowest BCUT2D eigenvalue weighted by Gasteiger charge is -2.34. The zero-order chi connectivity index (χ0) is 18.6. The minimum Gasteiger partial charge on any atom is -0.444 e. The maximum Gasteiger partial charge on any atom is 0.410 e. The molecule has 0 saturated carbocycles. The van der Waals surface area contributed by atoms with Gasteiger partial charge in [-0.2, -0.15) is 0 Å². The maximum absolute atomic E-state index is 12.2. The maximum atomic E-state index is 12.2. The van der Waals surface area contributed by atoms with E-state index in [1.807, 2.05) is 20.8 Å². The lowest BCUT2D eigenvalue weighted by atomic mass is 9.98. The summed E-state index contributed by atoms with van der Waals surface area (Å²) in [6.45, 7) is 7.46. The third-order valence-electron chi connectivity index (χ3n) is 3.89. The van der Waals surface area contributed by atoms with E-state index in [4.69, 9.17) is 22.1 Å². The van der Waals surface area contributed by atoms with Gasteiger partial charge in [0.2, 0.25) is 0 Å². The summed E-state index contributed by atoms with van der Waals surface area (Å²) in [6, 6.07) is 1.58. The summed E-state index contributed by atoms with van der Waals surface area (Å²) >= 11 is 5.90. The van der Waals surface area contributed by atoms with Crippen LogP contribution in [0.15, 0.2) is 12.3 Å². The molecule has 1 aromatic rings. The second-order valence-corrected chi connectivity index (χ2v) is 7.62. The van der Waals surface area contributed by atoms with E-state index in [1.54, 1.807) is 11.0 Å². The second-order valence-electron chi connectivity index (χ2n) is 7.23.